The summed E-state index contributed by atoms with van der Waals surface area (Å²) in [6.07, 6.45) is 2.87. The van der Waals surface area contributed by atoms with Gasteiger partial charge in [-0.3, -0.25) is 4.79 Å². The summed E-state index contributed by atoms with van der Waals surface area (Å²) in [7, 11) is 0. The summed E-state index contributed by atoms with van der Waals surface area (Å²) < 4.78 is 0. The lowest BCUT2D eigenvalue weighted by Gasteiger charge is -2.39. The Hall–Kier alpha value is -0.570. The molecule has 3 nitrogen and oxygen atoms in total. The van der Waals surface area contributed by atoms with Crippen molar-refractivity contribution in [3.8, 4) is 0 Å². The van der Waals surface area contributed by atoms with Crippen molar-refractivity contribution in [1.29, 1.82) is 0 Å². The standard InChI is InChI=1S/C11H20N2O/c1-8-6-13(7-9(8)2)10(14)11(12)4-3-5-11/h8-9H,3-7,12H2,1-2H3. The van der Waals surface area contributed by atoms with Gasteiger partial charge >= 0.3 is 0 Å². The molecule has 0 aromatic rings. The molecule has 1 aliphatic heterocycles. The Morgan fingerprint density at radius 1 is 1.29 bits per heavy atom. The Labute approximate surface area is 85.6 Å². The molecular weight excluding hydrogens is 176 g/mol. The average molecular weight is 196 g/mol. The third kappa shape index (κ3) is 1.44. The first kappa shape index (κ1) is 9.97. The second-order valence-corrected chi connectivity index (χ2v) is 5.17. The third-order valence-corrected chi connectivity index (χ3v) is 3.95. The van der Waals surface area contributed by atoms with Gasteiger partial charge in [0.2, 0.25) is 5.91 Å². The zero-order chi connectivity index (χ0) is 10.3. The van der Waals surface area contributed by atoms with E-state index in [-0.39, 0.29) is 5.91 Å². The lowest BCUT2D eigenvalue weighted by atomic mass is 9.76. The molecule has 80 valence electrons. The molecule has 14 heavy (non-hydrogen) atoms. The highest BCUT2D eigenvalue weighted by molar-refractivity contribution is 5.87. The van der Waals surface area contributed by atoms with E-state index in [1.54, 1.807) is 0 Å². The van der Waals surface area contributed by atoms with E-state index in [2.05, 4.69) is 13.8 Å². The lowest BCUT2D eigenvalue weighted by Crippen LogP contribution is -2.59. The second kappa shape index (κ2) is 3.23. The molecule has 0 spiro atoms. The Morgan fingerprint density at radius 2 is 1.79 bits per heavy atom. The number of hydrogen-bond acceptors (Lipinski definition) is 2. The van der Waals surface area contributed by atoms with E-state index in [9.17, 15) is 4.79 Å². The molecule has 2 fully saturated rings. The van der Waals surface area contributed by atoms with Crippen molar-refractivity contribution in [2.45, 2.75) is 38.6 Å². The molecule has 2 atom stereocenters. The van der Waals surface area contributed by atoms with E-state index in [4.69, 9.17) is 5.73 Å². The van der Waals surface area contributed by atoms with Crippen molar-refractivity contribution in [2.75, 3.05) is 13.1 Å². The van der Waals surface area contributed by atoms with E-state index in [0.717, 1.165) is 32.4 Å². The van der Waals surface area contributed by atoms with Gasteiger partial charge in [0.15, 0.2) is 0 Å². The van der Waals surface area contributed by atoms with Crippen LogP contribution < -0.4 is 5.73 Å². The fourth-order valence-corrected chi connectivity index (χ4v) is 2.38. The number of hydrogen-bond donors (Lipinski definition) is 1. The molecule has 1 heterocycles. The Bertz CT molecular complexity index is 238. The Kier molecular flexibility index (Phi) is 2.30. The maximum Gasteiger partial charge on any atom is 0.242 e. The van der Waals surface area contributed by atoms with E-state index in [1.165, 1.54) is 0 Å². The van der Waals surface area contributed by atoms with Crippen LogP contribution in [-0.2, 0) is 4.79 Å². The molecule has 1 saturated heterocycles. The van der Waals surface area contributed by atoms with Crippen molar-refractivity contribution < 1.29 is 4.79 Å². The van der Waals surface area contributed by atoms with Gasteiger partial charge in [-0.25, -0.2) is 0 Å². The van der Waals surface area contributed by atoms with Crippen LogP contribution in [0.5, 0.6) is 0 Å². The van der Waals surface area contributed by atoms with Gasteiger partial charge in [-0.2, -0.15) is 0 Å². The highest BCUT2D eigenvalue weighted by Gasteiger charge is 2.44. The first-order chi connectivity index (χ1) is 6.53. The molecule has 1 amide bonds. The van der Waals surface area contributed by atoms with Gasteiger partial charge in [0, 0.05) is 13.1 Å². The number of carbonyl (C=O) groups is 1. The average Bonchev–Trinajstić information content (AvgIpc) is 2.42. The molecular formula is C11H20N2O. The van der Waals surface area contributed by atoms with Gasteiger partial charge in [0.25, 0.3) is 0 Å². The molecule has 3 heteroatoms. The molecule has 2 aliphatic rings. The summed E-state index contributed by atoms with van der Waals surface area (Å²) in [5.41, 5.74) is 5.53. The van der Waals surface area contributed by atoms with Gasteiger partial charge in [0.05, 0.1) is 5.54 Å². The molecule has 0 aromatic heterocycles. The third-order valence-electron chi connectivity index (χ3n) is 3.95. The monoisotopic (exact) mass is 196 g/mol. The summed E-state index contributed by atoms with van der Waals surface area (Å²) in [5.74, 6) is 1.45. The molecule has 2 unspecified atom stereocenters. The largest absolute Gasteiger partial charge is 0.341 e. The maximum absolute atomic E-state index is 12.0. The van der Waals surface area contributed by atoms with Crippen molar-refractivity contribution in [3.63, 3.8) is 0 Å². The van der Waals surface area contributed by atoms with Crippen LogP contribution >= 0.6 is 0 Å². The molecule has 1 aliphatic carbocycles. The van der Waals surface area contributed by atoms with E-state index in [1.807, 2.05) is 4.90 Å². The fourth-order valence-electron chi connectivity index (χ4n) is 2.38. The minimum Gasteiger partial charge on any atom is -0.341 e. The van der Waals surface area contributed by atoms with E-state index < -0.39 is 5.54 Å². The molecule has 0 aromatic carbocycles. The van der Waals surface area contributed by atoms with Crippen LogP contribution in [0, 0.1) is 11.8 Å². The van der Waals surface area contributed by atoms with Crippen LogP contribution in [0.3, 0.4) is 0 Å². The molecule has 2 N–H and O–H groups in total. The summed E-state index contributed by atoms with van der Waals surface area (Å²) in [4.78, 5) is 14.0. The summed E-state index contributed by atoms with van der Waals surface area (Å²) in [6, 6.07) is 0. The SMILES string of the molecule is CC1CN(C(=O)C2(N)CCC2)CC1C. The Morgan fingerprint density at radius 3 is 2.14 bits per heavy atom. The second-order valence-electron chi connectivity index (χ2n) is 5.17. The normalized spacial score (nSPS) is 35.5. The highest BCUT2D eigenvalue weighted by atomic mass is 16.2. The van der Waals surface area contributed by atoms with Crippen LogP contribution in [0.25, 0.3) is 0 Å². The predicted octanol–water partition coefficient (Wildman–Crippen LogP) is 0.982. The summed E-state index contributed by atoms with van der Waals surface area (Å²) >= 11 is 0. The van der Waals surface area contributed by atoms with Crippen molar-refractivity contribution in [3.05, 3.63) is 0 Å². The van der Waals surface area contributed by atoms with Gasteiger partial charge in [-0.15, -0.1) is 0 Å². The predicted molar refractivity (Wildman–Crippen MR) is 55.7 cm³/mol. The zero-order valence-corrected chi connectivity index (χ0v) is 9.12. The first-order valence-electron chi connectivity index (χ1n) is 5.61. The minimum atomic E-state index is -0.496. The maximum atomic E-state index is 12.0. The number of nitrogens with two attached hydrogens (primary N) is 1. The van der Waals surface area contributed by atoms with Crippen LogP contribution in [0.1, 0.15) is 33.1 Å². The zero-order valence-electron chi connectivity index (χ0n) is 9.12. The van der Waals surface area contributed by atoms with Crippen LogP contribution in [0.2, 0.25) is 0 Å². The molecule has 2 rings (SSSR count). The van der Waals surface area contributed by atoms with Crippen LogP contribution in [0.15, 0.2) is 0 Å². The van der Waals surface area contributed by atoms with Crippen molar-refractivity contribution in [1.82, 2.24) is 4.90 Å². The number of likely N-dealkylation sites (tertiary alicyclic amines) is 1. The quantitative estimate of drug-likeness (QED) is 0.679. The van der Waals surface area contributed by atoms with E-state index in [0.29, 0.717) is 11.8 Å². The fraction of sp³-hybridized carbons (Fsp3) is 0.909. The Balaban J connectivity index is 1.99. The minimum absolute atomic E-state index is 0.194. The number of nitrogens with zero attached hydrogens (tertiary/aromatic N) is 1. The topological polar surface area (TPSA) is 46.3 Å². The van der Waals surface area contributed by atoms with Gasteiger partial charge in [-0.05, 0) is 31.1 Å². The summed E-state index contributed by atoms with van der Waals surface area (Å²) in [5, 5.41) is 0. The van der Waals surface area contributed by atoms with Crippen LogP contribution in [-0.4, -0.2) is 29.4 Å². The number of carbonyl (C=O) groups excluding carboxylic acids is 1. The van der Waals surface area contributed by atoms with E-state index >= 15 is 0 Å². The van der Waals surface area contributed by atoms with Crippen molar-refractivity contribution in [2.24, 2.45) is 17.6 Å². The first-order valence-corrected chi connectivity index (χ1v) is 5.61. The van der Waals surface area contributed by atoms with Crippen LogP contribution in [0.4, 0.5) is 0 Å². The number of amides is 1. The van der Waals surface area contributed by atoms with Crippen molar-refractivity contribution >= 4 is 5.91 Å². The number of rotatable bonds is 1. The molecule has 0 radical (unpaired) electrons. The summed E-state index contributed by atoms with van der Waals surface area (Å²) in [6.45, 7) is 6.22. The highest BCUT2D eigenvalue weighted by Crippen LogP contribution is 2.33. The van der Waals surface area contributed by atoms with Gasteiger partial charge < -0.3 is 10.6 Å². The molecule has 1 saturated carbocycles. The van der Waals surface area contributed by atoms with Gasteiger partial charge in [-0.1, -0.05) is 13.8 Å². The van der Waals surface area contributed by atoms with Gasteiger partial charge in [0.1, 0.15) is 0 Å². The molecule has 0 bridgehead atoms. The smallest absolute Gasteiger partial charge is 0.242 e. The lowest BCUT2D eigenvalue weighted by molar-refractivity contribution is -0.139.